The maximum atomic E-state index is 12.6. The molecule has 6 N–H and O–H groups in total. The van der Waals surface area contributed by atoms with Crippen molar-refractivity contribution >= 4 is 11.7 Å². The zero-order valence-corrected chi connectivity index (χ0v) is 17.4. The van der Waals surface area contributed by atoms with E-state index in [0.29, 0.717) is 11.1 Å². The Labute approximate surface area is 179 Å². The third-order valence-electron chi connectivity index (χ3n) is 4.00. The third kappa shape index (κ3) is 6.59. The van der Waals surface area contributed by atoms with E-state index in [4.69, 9.17) is 25.7 Å². The molecular formula is C20H25N5O6. The van der Waals surface area contributed by atoms with Crippen molar-refractivity contribution < 1.29 is 29.7 Å². The predicted molar refractivity (Wildman–Crippen MR) is 109 cm³/mol. The van der Waals surface area contributed by atoms with E-state index in [0.717, 1.165) is 0 Å². The molecule has 166 valence electrons. The van der Waals surface area contributed by atoms with E-state index >= 15 is 0 Å². The Morgan fingerprint density at radius 2 is 2.10 bits per heavy atom. The van der Waals surface area contributed by atoms with E-state index in [1.54, 1.807) is 18.2 Å². The van der Waals surface area contributed by atoms with E-state index in [1.165, 1.54) is 26.8 Å². The fourth-order valence-electron chi connectivity index (χ4n) is 2.34. The number of ether oxygens (including phenoxy) is 1. The van der Waals surface area contributed by atoms with E-state index in [-0.39, 0.29) is 29.7 Å². The van der Waals surface area contributed by atoms with Crippen LogP contribution in [-0.2, 0) is 4.84 Å². The molecule has 1 aromatic carbocycles. The molecule has 0 aliphatic carbocycles. The minimum Gasteiger partial charge on any atom is -0.471 e. The van der Waals surface area contributed by atoms with Crippen molar-refractivity contribution in [3.8, 4) is 23.3 Å². The molecule has 2 unspecified atom stereocenters. The molecule has 2 aromatic rings. The number of nitrogen functional groups attached to an aromatic ring is 1. The molecule has 0 saturated heterocycles. The van der Waals surface area contributed by atoms with Crippen molar-refractivity contribution in [2.24, 2.45) is 0 Å². The second kappa shape index (κ2) is 10.1. The van der Waals surface area contributed by atoms with Gasteiger partial charge in [-0.25, -0.2) is 10.5 Å². The van der Waals surface area contributed by atoms with Crippen LogP contribution in [-0.4, -0.2) is 62.2 Å². The van der Waals surface area contributed by atoms with Gasteiger partial charge in [0.15, 0.2) is 5.82 Å². The summed E-state index contributed by atoms with van der Waals surface area (Å²) in [5.74, 6) is -1.24. The molecule has 11 heteroatoms. The number of carbonyl (C=O) groups is 1. The number of nitrogens with two attached hydrogens (primary N) is 1. The van der Waals surface area contributed by atoms with Gasteiger partial charge in [-0.15, -0.1) is 0 Å². The van der Waals surface area contributed by atoms with Crippen LogP contribution in [0.3, 0.4) is 0 Å². The average molecular weight is 431 g/mol. The lowest BCUT2D eigenvalue weighted by Gasteiger charge is -2.21. The number of amides is 1. The number of hydrogen-bond acceptors (Lipinski definition) is 10. The van der Waals surface area contributed by atoms with Crippen molar-refractivity contribution in [3.63, 3.8) is 0 Å². The van der Waals surface area contributed by atoms with Crippen LogP contribution in [0.25, 0.3) is 11.4 Å². The molecule has 0 aliphatic rings. The highest BCUT2D eigenvalue weighted by atomic mass is 16.7. The quantitative estimate of drug-likeness (QED) is 0.342. The van der Waals surface area contributed by atoms with Gasteiger partial charge in [-0.3, -0.25) is 9.63 Å². The van der Waals surface area contributed by atoms with Crippen LogP contribution in [0.2, 0.25) is 0 Å². The number of aliphatic hydroxyl groups excluding tert-OH is 2. The first-order valence-corrected chi connectivity index (χ1v) is 9.34. The minimum atomic E-state index is -1.25. The number of hydroxylamine groups is 1. The molecule has 2 rings (SSSR count). The van der Waals surface area contributed by atoms with E-state index in [1.807, 2.05) is 6.07 Å². The summed E-state index contributed by atoms with van der Waals surface area (Å²) in [7, 11) is 0. The van der Waals surface area contributed by atoms with Gasteiger partial charge in [0.1, 0.15) is 30.2 Å². The van der Waals surface area contributed by atoms with Crippen LogP contribution in [0.4, 0.5) is 5.82 Å². The normalized spacial score (nSPS) is 13.2. The number of hydrogen-bond donors (Lipinski definition) is 5. The average Bonchev–Trinajstić information content (AvgIpc) is 2.71. The first-order chi connectivity index (χ1) is 14.6. The number of aliphatic hydroxyl groups is 3. The highest BCUT2D eigenvalue weighted by molar-refractivity contribution is 6.00. The number of benzene rings is 1. The van der Waals surface area contributed by atoms with E-state index in [2.05, 4.69) is 15.4 Å². The molecule has 0 fully saturated rings. The Morgan fingerprint density at radius 3 is 2.71 bits per heavy atom. The summed E-state index contributed by atoms with van der Waals surface area (Å²) in [5.41, 5.74) is 7.51. The van der Waals surface area contributed by atoms with Crippen LogP contribution in [0, 0.1) is 11.3 Å². The van der Waals surface area contributed by atoms with Gasteiger partial charge in [0.2, 0.25) is 5.88 Å². The molecule has 11 nitrogen and oxygen atoms in total. The summed E-state index contributed by atoms with van der Waals surface area (Å²) in [4.78, 5) is 26.0. The fraction of sp³-hybridized carbons (Fsp3) is 0.400. The number of carbonyl (C=O) groups excluding carboxylic acids is 1. The largest absolute Gasteiger partial charge is 0.471 e. The highest BCUT2D eigenvalue weighted by Crippen LogP contribution is 2.27. The lowest BCUT2D eigenvalue weighted by atomic mass is 10.1. The number of nitrogens with zero attached hydrogens (tertiary/aromatic N) is 3. The van der Waals surface area contributed by atoms with Gasteiger partial charge in [-0.05, 0) is 32.9 Å². The number of nitriles is 1. The predicted octanol–water partition coefficient (Wildman–Crippen LogP) is 0.150. The first-order valence-electron chi connectivity index (χ1n) is 9.34. The molecule has 1 aromatic heterocycles. The van der Waals surface area contributed by atoms with Crippen molar-refractivity contribution in [2.75, 3.05) is 18.9 Å². The Kier molecular flexibility index (Phi) is 7.84. The number of rotatable bonds is 9. The van der Waals surface area contributed by atoms with Crippen LogP contribution in [0.1, 0.15) is 36.7 Å². The van der Waals surface area contributed by atoms with Crippen molar-refractivity contribution in [3.05, 3.63) is 35.4 Å². The minimum absolute atomic E-state index is 0.0873. The third-order valence-corrected chi connectivity index (χ3v) is 4.00. The molecule has 1 amide bonds. The summed E-state index contributed by atoms with van der Waals surface area (Å²) in [6.45, 7) is 3.69. The molecule has 0 bridgehead atoms. The topological polar surface area (TPSA) is 184 Å². The molecular weight excluding hydrogens is 406 g/mol. The smallest absolute Gasteiger partial charge is 0.284 e. The lowest BCUT2D eigenvalue weighted by molar-refractivity contribution is -0.0524. The van der Waals surface area contributed by atoms with Crippen molar-refractivity contribution in [2.45, 2.75) is 38.6 Å². The van der Waals surface area contributed by atoms with Gasteiger partial charge in [0.25, 0.3) is 5.91 Å². The molecule has 31 heavy (non-hydrogen) atoms. The maximum Gasteiger partial charge on any atom is 0.284 e. The molecule has 0 spiro atoms. The van der Waals surface area contributed by atoms with Gasteiger partial charge in [-0.1, -0.05) is 12.1 Å². The van der Waals surface area contributed by atoms with Crippen molar-refractivity contribution in [1.29, 1.82) is 5.26 Å². The standard InChI is InChI=1S/C20H25N5O6/c1-11(14(27)9-26)31-19-15(18(28)25-30-10-20(2,3)29)16(22)23-17(24-19)13-6-4-5-12(7-13)8-21/h4-7,11,14,26-27,29H,9-10H2,1-3H3,(H,25,28)(H2,22,23,24). The van der Waals surface area contributed by atoms with Crippen LogP contribution < -0.4 is 16.0 Å². The second-order valence-electron chi connectivity index (χ2n) is 7.41. The van der Waals surface area contributed by atoms with E-state index in [9.17, 15) is 15.0 Å². The van der Waals surface area contributed by atoms with Crippen LogP contribution in [0.15, 0.2) is 24.3 Å². The fourth-order valence-corrected chi connectivity index (χ4v) is 2.34. The Morgan fingerprint density at radius 1 is 1.39 bits per heavy atom. The number of nitrogens with one attached hydrogen (secondary N) is 1. The van der Waals surface area contributed by atoms with Gasteiger partial charge in [0.05, 0.1) is 23.8 Å². The number of anilines is 1. The van der Waals surface area contributed by atoms with Gasteiger partial charge < -0.3 is 25.8 Å². The maximum absolute atomic E-state index is 12.6. The Bertz CT molecular complexity index is 970. The summed E-state index contributed by atoms with van der Waals surface area (Å²) < 4.78 is 5.59. The molecule has 0 aliphatic heterocycles. The molecule has 1 heterocycles. The van der Waals surface area contributed by atoms with Gasteiger partial charge in [0, 0.05) is 5.56 Å². The summed E-state index contributed by atoms with van der Waals surface area (Å²) >= 11 is 0. The second-order valence-corrected chi connectivity index (χ2v) is 7.41. The summed E-state index contributed by atoms with van der Waals surface area (Å²) in [6.07, 6.45) is -2.19. The number of aromatic nitrogens is 2. The monoisotopic (exact) mass is 431 g/mol. The highest BCUT2D eigenvalue weighted by Gasteiger charge is 2.26. The summed E-state index contributed by atoms with van der Waals surface area (Å²) in [5, 5.41) is 37.8. The van der Waals surface area contributed by atoms with Crippen LogP contribution in [0.5, 0.6) is 5.88 Å². The zero-order valence-electron chi connectivity index (χ0n) is 17.4. The zero-order chi connectivity index (χ0) is 23.2. The molecule has 2 atom stereocenters. The van der Waals surface area contributed by atoms with Crippen LogP contribution >= 0.6 is 0 Å². The van der Waals surface area contributed by atoms with E-state index < -0.39 is 30.3 Å². The Balaban J connectivity index is 2.45. The first kappa shape index (κ1) is 24.0. The van der Waals surface area contributed by atoms with Gasteiger partial charge >= 0.3 is 0 Å². The summed E-state index contributed by atoms with van der Waals surface area (Å²) in [6, 6.07) is 8.43. The molecule has 0 saturated carbocycles. The SMILES string of the molecule is CC(Oc1nc(-c2cccc(C#N)c2)nc(N)c1C(=O)NOCC(C)(C)O)C(O)CO. The Hall–Kier alpha value is -3.30. The van der Waals surface area contributed by atoms with Crippen molar-refractivity contribution in [1.82, 2.24) is 15.4 Å². The van der Waals surface area contributed by atoms with Gasteiger partial charge in [-0.2, -0.15) is 10.2 Å². The lowest BCUT2D eigenvalue weighted by Crippen LogP contribution is -2.35. The molecule has 0 radical (unpaired) electrons.